The first-order valence-corrected chi connectivity index (χ1v) is 8.24. The van der Waals surface area contributed by atoms with Gasteiger partial charge in [-0.15, -0.1) is 0 Å². The van der Waals surface area contributed by atoms with Crippen molar-refractivity contribution in [3.05, 3.63) is 12.2 Å². The molecule has 0 fully saturated rings. The first-order valence-electron chi connectivity index (χ1n) is 6.04. The number of hydrogen-bond acceptors (Lipinski definition) is 0. The second-order valence-electron chi connectivity index (χ2n) is 3.89. The van der Waals surface area contributed by atoms with Gasteiger partial charge >= 0.3 is 96.5 Å². The summed E-state index contributed by atoms with van der Waals surface area (Å²) in [7, 11) is 0. The molecule has 0 rings (SSSR count). The normalized spacial score (nSPS) is 13.6. The van der Waals surface area contributed by atoms with E-state index in [0.29, 0.717) is 0 Å². The van der Waals surface area contributed by atoms with E-state index in [-0.39, 0.29) is 0 Å². The molecule has 0 aromatic rings. The van der Waals surface area contributed by atoms with Gasteiger partial charge in [0.15, 0.2) is 0 Å². The van der Waals surface area contributed by atoms with Gasteiger partial charge in [0.25, 0.3) is 0 Å². The molecule has 0 aliphatic rings. The Morgan fingerprint density at radius 1 is 1.21 bits per heavy atom. The fraction of sp³-hybridized carbons (Fsp3) is 0.846. The van der Waals surface area contributed by atoms with Crippen molar-refractivity contribution < 1.29 is 0 Å². The van der Waals surface area contributed by atoms with E-state index in [0.717, 1.165) is 19.8 Å². The third-order valence-corrected chi connectivity index (χ3v) is 5.36. The summed E-state index contributed by atoms with van der Waals surface area (Å²) in [5.74, 6) is 0. The van der Waals surface area contributed by atoms with Crippen LogP contribution in [0.25, 0.3) is 0 Å². The van der Waals surface area contributed by atoms with Gasteiger partial charge in [0.2, 0.25) is 0 Å². The van der Waals surface area contributed by atoms with Gasteiger partial charge in [-0.3, -0.25) is 0 Å². The fourth-order valence-corrected chi connectivity index (χ4v) is 3.48. The average molecular weight is 261 g/mol. The first kappa shape index (κ1) is 14.3. The van der Waals surface area contributed by atoms with Crippen molar-refractivity contribution in [1.82, 2.24) is 0 Å². The minimum atomic E-state index is 0.915. The average Bonchev–Trinajstić information content (AvgIpc) is 2.20. The summed E-state index contributed by atoms with van der Waals surface area (Å²) in [5, 5.41) is 1.48. The Bertz CT molecular complexity index is 129. The van der Waals surface area contributed by atoms with Crippen LogP contribution in [-0.2, 0) is 0 Å². The zero-order valence-electron chi connectivity index (χ0n) is 10.1. The molecule has 0 aromatic carbocycles. The molecule has 1 heteroatoms. The summed E-state index contributed by atoms with van der Waals surface area (Å²) < 4.78 is 0. The molecule has 0 heterocycles. The molecule has 0 aromatic heterocycles. The van der Waals surface area contributed by atoms with Crippen molar-refractivity contribution in [1.29, 1.82) is 0 Å². The van der Waals surface area contributed by atoms with Crippen LogP contribution in [0.5, 0.6) is 0 Å². The van der Waals surface area contributed by atoms with Crippen molar-refractivity contribution in [3.63, 3.8) is 0 Å². The van der Waals surface area contributed by atoms with E-state index in [1.165, 1.54) is 43.8 Å². The Balaban J connectivity index is 3.10. The van der Waals surface area contributed by atoms with E-state index in [4.69, 9.17) is 0 Å². The van der Waals surface area contributed by atoms with Crippen LogP contribution in [0, 0.1) is 0 Å². The van der Waals surface area contributed by atoms with E-state index < -0.39 is 0 Å². The van der Waals surface area contributed by atoms with Crippen molar-refractivity contribution in [3.8, 4) is 0 Å². The van der Waals surface area contributed by atoms with Crippen molar-refractivity contribution in [2.75, 3.05) is 0 Å². The number of rotatable bonds is 9. The topological polar surface area (TPSA) is 0 Å². The summed E-state index contributed by atoms with van der Waals surface area (Å²) in [4.78, 5) is 1.02. The van der Waals surface area contributed by atoms with Gasteiger partial charge in [-0.25, -0.2) is 0 Å². The monoisotopic (exact) mass is 262 g/mol. The van der Waals surface area contributed by atoms with Gasteiger partial charge in [0.05, 0.1) is 0 Å². The second-order valence-corrected chi connectivity index (χ2v) is 7.13. The molecule has 0 amide bonds. The molecule has 1 unspecified atom stereocenters. The molecule has 0 radical (unpaired) electrons. The van der Waals surface area contributed by atoms with Crippen LogP contribution in [0.3, 0.4) is 0 Å². The van der Waals surface area contributed by atoms with Crippen molar-refractivity contribution >= 4 is 15.0 Å². The second kappa shape index (κ2) is 11.3. The van der Waals surface area contributed by atoms with Gasteiger partial charge in [0, 0.05) is 0 Å². The van der Waals surface area contributed by atoms with Gasteiger partial charge < -0.3 is 0 Å². The number of unbranched alkanes of at least 4 members (excludes halogenated alkanes) is 3. The number of allylic oxidation sites excluding steroid dienone is 2. The van der Waals surface area contributed by atoms with Crippen LogP contribution >= 0.6 is 0 Å². The zero-order valence-corrected chi connectivity index (χ0v) is 11.8. The quantitative estimate of drug-likeness (QED) is 0.316. The molecule has 1 atom stereocenters. The summed E-state index contributed by atoms with van der Waals surface area (Å²) >= 11 is 0.915. The van der Waals surface area contributed by atoms with Gasteiger partial charge in [-0.2, -0.15) is 0 Å². The van der Waals surface area contributed by atoms with Crippen LogP contribution in [0.15, 0.2) is 12.2 Å². The molecule has 0 aliphatic carbocycles. The Morgan fingerprint density at radius 2 is 2.00 bits per heavy atom. The molecule has 0 saturated carbocycles. The maximum atomic E-state index is 2.43. The molecule has 0 saturated heterocycles. The van der Waals surface area contributed by atoms with Crippen molar-refractivity contribution in [2.45, 2.75) is 69.4 Å². The van der Waals surface area contributed by atoms with E-state index in [1.54, 1.807) is 0 Å². The summed E-state index contributed by atoms with van der Waals surface area (Å²) in [6.45, 7) is 6.84. The SMILES string of the molecule is CC=CCCCCCC(C)[Se]CCC. The van der Waals surface area contributed by atoms with Gasteiger partial charge in [-0.05, 0) is 0 Å². The predicted molar refractivity (Wildman–Crippen MR) is 68.2 cm³/mol. The molecule has 14 heavy (non-hydrogen) atoms. The Kier molecular flexibility index (Phi) is 11.5. The molecule has 84 valence electrons. The Hall–Kier alpha value is 0.259. The molecule has 0 nitrogen and oxygen atoms in total. The summed E-state index contributed by atoms with van der Waals surface area (Å²) in [6, 6.07) is 0. The summed E-state index contributed by atoms with van der Waals surface area (Å²) in [5.41, 5.74) is 0. The molecular weight excluding hydrogens is 235 g/mol. The van der Waals surface area contributed by atoms with Crippen molar-refractivity contribution in [2.24, 2.45) is 0 Å². The third kappa shape index (κ3) is 10.3. The van der Waals surface area contributed by atoms with Crippen LogP contribution in [0.2, 0.25) is 10.1 Å². The van der Waals surface area contributed by atoms with E-state index in [1.807, 2.05) is 0 Å². The predicted octanol–water partition coefficient (Wildman–Crippen LogP) is 4.85. The fourth-order valence-electron chi connectivity index (χ4n) is 1.44. The Labute approximate surface area is 96.7 Å². The van der Waals surface area contributed by atoms with E-state index >= 15 is 0 Å². The minimum absolute atomic E-state index is 0.915. The Morgan fingerprint density at radius 3 is 2.64 bits per heavy atom. The standard InChI is InChI=1S/C13H26Se/c1-4-6-7-8-9-10-11-13(3)14-12-5-2/h4,6,13H,5,7-12H2,1-3H3. The number of hydrogen-bond donors (Lipinski definition) is 0. The van der Waals surface area contributed by atoms with Crippen LogP contribution < -0.4 is 0 Å². The maximum absolute atomic E-state index is 2.43. The van der Waals surface area contributed by atoms with Gasteiger partial charge in [-0.1, -0.05) is 0 Å². The molecule has 0 bridgehead atoms. The van der Waals surface area contributed by atoms with Crippen LogP contribution in [0.4, 0.5) is 0 Å². The third-order valence-electron chi connectivity index (χ3n) is 2.32. The van der Waals surface area contributed by atoms with E-state index in [2.05, 4.69) is 32.9 Å². The van der Waals surface area contributed by atoms with Gasteiger partial charge in [0.1, 0.15) is 0 Å². The van der Waals surface area contributed by atoms with Crippen LogP contribution in [0.1, 0.15) is 59.3 Å². The molecule has 0 spiro atoms. The molecule has 0 N–H and O–H groups in total. The molecular formula is C13H26Se. The summed E-state index contributed by atoms with van der Waals surface area (Å²) in [6.07, 6.45) is 12.8. The zero-order chi connectivity index (χ0) is 10.6. The van der Waals surface area contributed by atoms with Crippen LogP contribution in [-0.4, -0.2) is 15.0 Å². The van der Waals surface area contributed by atoms with E-state index in [9.17, 15) is 0 Å². The molecule has 0 aliphatic heterocycles. The first-order chi connectivity index (χ1) is 6.81.